The van der Waals surface area contributed by atoms with Crippen molar-refractivity contribution in [3.8, 4) is 0 Å². The molecule has 24 heavy (non-hydrogen) atoms. The van der Waals surface area contributed by atoms with E-state index in [2.05, 4.69) is 5.32 Å². The Morgan fingerprint density at radius 2 is 1.79 bits per heavy atom. The molecule has 134 valence electrons. The Bertz CT molecular complexity index is 538. The predicted molar refractivity (Wildman–Crippen MR) is 84.3 cm³/mol. The second-order valence-electron chi connectivity index (χ2n) is 6.32. The third-order valence-electron chi connectivity index (χ3n) is 4.67. The lowest BCUT2D eigenvalue weighted by Crippen LogP contribution is -2.45. The van der Waals surface area contributed by atoms with Gasteiger partial charge in [0.05, 0.1) is 5.56 Å². The maximum Gasteiger partial charge on any atom is 0.416 e. The third-order valence-corrected chi connectivity index (χ3v) is 4.67. The Balaban J connectivity index is 1.82. The first kappa shape index (κ1) is 18.6. The number of amides is 2. The van der Waals surface area contributed by atoms with Crippen LogP contribution in [0.15, 0.2) is 24.3 Å². The van der Waals surface area contributed by atoms with Gasteiger partial charge in [0.1, 0.15) is 0 Å². The fourth-order valence-corrected chi connectivity index (χ4v) is 2.99. The van der Waals surface area contributed by atoms with Gasteiger partial charge in [0.15, 0.2) is 0 Å². The number of alkyl halides is 3. The largest absolute Gasteiger partial charge is 0.416 e. The average molecular weight is 344 g/mol. The number of nitrogens with one attached hydrogen (secondary N) is 1. The van der Waals surface area contributed by atoms with Crippen LogP contribution in [0.4, 0.5) is 18.0 Å². The van der Waals surface area contributed by atoms with Gasteiger partial charge in [-0.15, -0.1) is 0 Å². The summed E-state index contributed by atoms with van der Waals surface area (Å²) in [6, 6.07) is 4.68. The van der Waals surface area contributed by atoms with E-state index in [0.717, 1.165) is 37.8 Å². The Labute approximate surface area is 139 Å². The van der Waals surface area contributed by atoms with Crippen molar-refractivity contribution in [1.82, 2.24) is 10.2 Å². The molecule has 0 aromatic heterocycles. The van der Waals surface area contributed by atoms with Crippen LogP contribution in [-0.4, -0.2) is 35.7 Å². The molecule has 1 aliphatic rings. The molecule has 1 saturated carbocycles. The predicted octanol–water partition coefficient (Wildman–Crippen LogP) is 3.40. The van der Waals surface area contributed by atoms with E-state index in [4.69, 9.17) is 5.11 Å². The van der Waals surface area contributed by atoms with E-state index in [1.165, 1.54) is 12.1 Å². The van der Waals surface area contributed by atoms with E-state index in [0.29, 0.717) is 11.5 Å². The van der Waals surface area contributed by atoms with Crippen molar-refractivity contribution >= 4 is 6.03 Å². The fraction of sp³-hybridized carbons (Fsp3) is 0.588. The third kappa shape index (κ3) is 4.87. The summed E-state index contributed by atoms with van der Waals surface area (Å²) in [7, 11) is 1.73. The summed E-state index contributed by atoms with van der Waals surface area (Å²) in [5, 5.41) is 11.9. The van der Waals surface area contributed by atoms with Crippen molar-refractivity contribution in [1.29, 1.82) is 0 Å². The first-order valence-electron chi connectivity index (χ1n) is 8.09. The molecule has 0 spiro atoms. The van der Waals surface area contributed by atoms with Gasteiger partial charge in [0.2, 0.25) is 0 Å². The zero-order chi connectivity index (χ0) is 17.7. The van der Waals surface area contributed by atoms with E-state index in [-0.39, 0.29) is 25.2 Å². The second kappa shape index (κ2) is 7.88. The number of carbonyl (C=O) groups is 1. The quantitative estimate of drug-likeness (QED) is 0.880. The van der Waals surface area contributed by atoms with Gasteiger partial charge in [-0.25, -0.2) is 4.79 Å². The van der Waals surface area contributed by atoms with E-state index in [1.807, 2.05) is 0 Å². The van der Waals surface area contributed by atoms with Crippen molar-refractivity contribution in [3.63, 3.8) is 0 Å². The highest BCUT2D eigenvalue weighted by Gasteiger charge is 2.30. The standard InChI is InChI=1S/C17H23F3N2O2/c1-22(15-8-4-13(11-23)5-9-15)16(24)21-10-12-2-6-14(7-3-12)17(18,19)20/h2-3,6-7,13,15,23H,4-5,8-11H2,1H3,(H,21,24). The molecule has 1 aromatic carbocycles. The van der Waals surface area contributed by atoms with Gasteiger partial charge < -0.3 is 15.3 Å². The minimum Gasteiger partial charge on any atom is -0.396 e. The van der Waals surface area contributed by atoms with Gasteiger partial charge in [-0.2, -0.15) is 13.2 Å². The van der Waals surface area contributed by atoms with Crippen LogP contribution in [0.3, 0.4) is 0 Å². The van der Waals surface area contributed by atoms with Gasteiger partial charge in [-0.1, -0.05) is 12.1 Å². The molecular weight excluding hydrogens is 321 g/mol. The lowest BCUT2D eigenvalue weighted by molar-refractivity contribution is -0.137. The number of aliphatic hydroxyl groups is 1. The zero-order valence-electron chi connectivity index (χ0n) is 13.6. The van der Waals surface area contributed by atoms with Crippen molar-refractivity contribution in [2.45, 2.75) is 44.4 Å². The number of nitrogens with zero attached hydrogens (tertiary/aromatic N) is 1. The van der Waals surface area contributed by atoms with Crippen LogP contribution in [0, 0.1) is 5.92 Å². The number of halogens is 3. The van der Waals surface area contributed by atoms with Gasteiger partial charge in [0.25, 0.3) is 0 Å². The molecular formula is C17H23F3N2O2. The Kier molecular flexibility index (Phi) is 6.10. The molecule has 1 fully saturated rings. The van der Waals surface area contributed by atoms with E-state index >= 15 is 0 Å². The molecule has 2 amide bonds. The second-order valence-corrected chi connectivity index (χ2v) is 6.32. The van der Waals surface area contributed by atoms with E-state index in [1.54, 1.807) is 11.9 Å². The highest BCUT2D eigenvalue weighted by atomic mass is 19.4. The molecule has 7 heteroatoms. The number of benzene rings is 1. The molecule has 4 nitrogen and oxygen atoms in total. The number of hydrogen-bond donors (Lipinski definition) is 2. The molecule has 2 N–H and O–H groups in total. The molecule has 0 heterocycles. The Morgan fingerprint density at radius 1 is 1.21 bits per heavy atom. The molecule has 0 aliphatic heterocycles. The van der Waals surface area contributed by atoms with Crippen molar-refractivity contribution in [2.24, 2.45) is 5.92 Å². The maximum absolute atomic E-state index is 12.5. The van der Waals surface area contributed by atoms with Crippen LogP contribution in [0.25, 0.3) is 0 Å². The number of rotatable bonds is 4. The average Bonchev–Trinajstić information content (AvgIpc) is 2.58. The summed E-state index contributed by atoms with van der Waals surface area (Å²) in [6.07, 6.45) is -0.838. The van der Waals surface area contributed by atoms with Crippen molar-refractivity contribution in [3.05, 3.63) is 35.4 Å². The number of aliphatic hydroxyl groups excluding tert-OH is 1. The molecule has 0 saturated heterocycles. The highest BCUT2D eigenvalue weighted by Crippen LogP contribution is 2.29. The number of hydrogen-bond acceptors (Lipinski definition) is 2. The first-order chi connectivity index (χ1) is 11.3. The smallest absolute Gasteiger partial charge is 0.396 e. The number of urea groups is 1. The van der Waals surface area contributed by atoms with Crippen LogP contribution in [0.1, 0.15) is 36.8 Å². The molecule has 0 radical (unpaired) electrons. The van der Waals surface area contributed by atoms with E-state index < -0.39 is 11.7 Å². The van der Waals surface area contributed by atoms with Crippen LogP contribution in [0.2, 0.25) is 0 Å². The lowest BCUT2D eigenvalue weighted by atomic mass is 9.86. The zero-order valence-corrected chi connectivity index (χ0v) is 13.6. The molecule has 2 rings (SSSR count). The molecule has 1 aromatic rings. The summed E-state index contributed by atoms with van der Waals surface area (Å²) >= 11 is 0. The van der Waals surface area contributed by atoms with Crippen LogP contribution >= 0.6 is 0 Å². The van der Waals surface area contributed by atoms with Crippen LogP contribution in [0.5, 0.6) is 0 Å². The first-order valence-corrected chi connectivity index (χ1v) is 8.09. The van der Waals surface area contributed by atoms with Gasteiger partial charge in [-0.3, -0.25) is 0 Å². The lowest BCUT2D eigenvalue weighted by Gasteiger charge is -2.34. The summed E-state index contributed by atoms with van der Waals surface area (Å²) in [6.45, 7) is 0.379. The summed E-state index contributed by atoms with van der Waals surface area (Å²) < 4.78 is 37.5. The fourth-order valence-electron chi connectivity index (χ4n) is 2.99. The highest BCUT2D eigenvalue weighted by molar-refractivity contribution is 5.74. The number of carbonyl (C=O) groups excluding carboxylic acids is 1. The van der Waals surface area contributed by atoms with Crippen molar-refractivity contribution < 1.29 is 23.1 Å². The van der Waals surface area contributed by atoms with Gasteiger partial charge in [0, 0.05) is 26.2 Å². The molecule has 0 atom stereocenters. The minimum atomic E-state index is -4.35. The summed E-state index contributed by atoms with van der Waals surface area (Å²) in [5.74, 6) is 0.324. The molecule has 1 aliphatic carbocycles. The monoisotopic (exact) mass is 344 g/mol. The van der Waals surface area contributed by atoms with Crippen LogP contribution < -0.4 is 5.32 Å². The minimum absolute atomic E-state index is 0.139. The van der Waals surface area contributed by atoms with Crippen molar-refractivity contribution in [2.75, 3.05) is 13.7 Å². The normalized spacial score (nSPS) is 21.4. The maximum atomic E-state index is 12.5. The Hall–Kier alpha value is -1.76. The Morgan fingerprint density at radius 3 is 2.29 bits per heavy atom. The summed E-state index contributed by atoms with van der Waals surface area (Å²) in [4.78, 5) is 13.8. The SMILES string of the molecule is CN(C(=O)NCc1ccc(C(F)(F)F)cc1)C1CCC(CO)CC1. The topological polar surface area (TPSA) is 52.6 Å². The summed E-state index contributed by atoms with van der Waals surface area (Å²) in [5.41, 5.74) is -0.0796. The van der Waals surface area contributed by atoms with Crippen LogP contribution in [-0.2, 0) is 12.7 Å². The van der Waals surface area contributed by atoms with Gasteiger partial charge in [-0.05, 0) is 49.3 Å². The van der Waals surface area contributed by atoms with E-state index in [9.17, 15) is 18.0 Å². The molecule has 0 unspecified atom stereocenters. The molecule has 0 bridgehead atoms. The van der Waals surface area contributed by atoms with Gasteiger partial charge >= 0.3 is 12.2 Å².